The number of hydrogen-bond acceptors (Lipinski definition) is 3. The molecule has 0 aliphatic heterocycles. The van der Waals surface area contributed by atoms with Gasteiger partial charge in [-0.15, -0.1) is 0 Å². The van der Waals surface area contributed by atoms with Crippen molar-refractivity contribution in [3.8, 4) is 0 Å². The highest BCUT2D eigenvalue weighted by Gasteiger charge is 2.11. The lowest BCUT2D eigenvalue weighted by atomic mass is 10.2. The molecule has 2 aromatic rings. The molecule has 0 saturated heterocycles. The molecule has 1 heterocycles. The number of nitrogens with one attached hydrogen (secondary N) is 1. The van der Waals surface area contributed by atoms with Crippen molar-refractivity contribution in [2.75, 3.05) is 5.73 Å². The third kappa shape index (κ3) is 1.67. The van der Waals surface area contributed by atoms with E-state index in [9.17, 15) is 9.59 Å². The van der Waals surface area contributed by atoms with Gasteiger partial charge >= 0.3 is 0 Å². The van der Waals surface area contributed by atoms with Crippen LogP contribution in [-0.4, -0.2) is 15.7 Å². The summed E-state index contributed by atoms with van der Waals surface area (Å²) in [6.45, 7) is 0. The number of nitrogen functional groups attached to an aromatic ring is 1. The maximum atomic E-state index is 11.8. The molecule has 0 aliphatic rings. The van der Waals surface area contributed by atoms with Crippen molar-refractivity contribution in [2.45, 2.75) is 0 Å². The molecular weight excluding hydrogens is 194 g/mol. The molecule has 15 heavy (non-hydrogen) atoms. The largest absolute Gasteiger partial charge is 0.384 e. The molecule has 76 valence electrons. The van der Waals surface area contributed by atoms with E-state index in [0.29, 0.717) is 5.56 Å². The molecule has 1 aromatic carbocycles. The number of nitrogens with two attached hydrogens (primary N) is 1. The van der Waals surface area contributed by atoms with Gasteiger partial charge in [0.2, 0.25) is 0 Å². The molecule has 0 atom stereocenters. The number of aromatic amines is 1. The van der Waals surface area contributed by atoms with Crippen LogP contribution in [0, 0.1) is 0 Å². The smallest absolute Gasteiger partial charge is 0.279 e. The van der Waals surface area contributed by atoms with E-state index >= 15 is 0 Å². The summed E-state index contributed by atoms with van der Waals surface area (Å²) in [5.74, 6) is -0.249. The Kier molecular flexibility index (Phi) is 2.13. The van der Waals surface area contributed by atoms with Gasteiger partial charge in [-0.2, -0.15) is 4.68 Å². The predicted octanol–water partition coefficient (Wildman–Crippen LogP) is 0.447. The van der Waals surface area contributed by atoms with Crippen molar-refractivity contribution in [1.82, 2.24) is 9.78 Å². The van der Waals surface area contributed by atoms with Crippen LogP contribution in [0.2, 0.25) is 0 Å². The highest BCUT2D eigenvalue weighted by molar-refractivity contribution is 5.95. The van der Waals surface area contributed by atoms with Crippen LogP contribution < -0.4 is 11.3 Å². The van der Waals surface area contributed by atoms with Gasteiger partial charge in [-0.25, -0.2) is 0 Å². The third-order valence-corrected chi connectivity index (χ3v) is 1.96. The monoisotopic (exact) mass is 203 g/mol. The summed E-state index contributed by atoms with van der Waals surface area (Å²) in [6.07, 6.45) is 0. The first-order chi connectivity index (χ1) is 7.18. The molecule has 0 unspecified atom stereocenters. The van der Waals surface area contributed by atoms with Gasteiger partial charge in [0.25, 0.3) is 11.5 Å². The molecular formula is C10H9N3O2. The summed E-state index contributed by atoms with van der Waals surface area (Å²) in [6, 6.07) is 9.68. The standard InChI is InChI=1S/C10H9N3O2/c11-8-6-9(14)13(12-8)10(15)7-4-2-1-3-5-7/h1-6,12H,11H2. The first-order valence-corrected chi connectivity index (χ1v) is 4.36. The van der Waals surface area contributed by atoms with Crippen molar-refractivity contribution in [1.29, 1.82) is 0 Å². The second kappa shape index (κ2) is 3.45. The fourth-order valence-corrected chi connectivity index (χ4v) is 1.27. The van der Waals surface area contributed by atoms with Gasteiger partial charge in [0.05, 0.1) is 0 Å². The van der Waals surface area contributed by atoms with Crippen molar-refractivity contribution < 1.29 is 4.79 Å². The third-order valence-electron chi connectivity index (χ3n) is 1.96. The van der Waals surface area contributed by atoms with Gasteiger partial charge in [0.1, 0.15) is 5.82 Å². The van der Waals surface area contributed by atoms with E-state index in [4.69, 9.17) is 5.73 Å². The number of anilines is 1. The van der Waals surface area contributed by atoms with Gasteiger partial charge in [-0.1, -0.05) is 18.2 Å². The van der Waals surface area contributed by atoms with E-state index in [1.54, 1.807) is 30.3 Å². The van der Waals surface area contributed by atoms with E-state index in [2.05, 4.69) is 5.10 Å². The minimum atomic E-state index is -0.457. The Morgan fingerprint density at radius 2 is 1.93 bits per heavy atom. The number of H-pyrrole nitrogens is 1. The Morgan fingerprint density at radius 3 is 2.47 bits per heavy atom. The summed E-state index contributed by atoms with van der Waals surface area (Å²) in [7, 11) is 0. The molecule has 3 N–H and O–H groups in total. The van der Waals surface area contributed by atoms with Gasteiger partial charge in [0, 0.05) is 11.6 Å². The predicted molar refractivity (Wildman–Crippen MR) is 55.6 cm³/mol. The highest BCUT2D eigenvalue weighted by atomic mass is 16.2. The number of carbonyl (C=O) groups excluding carboxylic acids is 1. The Bertz CT molecular complexity index is 539. The number of aromatic nitrogens is 2. The summed E-state index contributed by atoms with van der Waals surface area (Å²) in [4.78, 5) is 23.0. The van der Waals surface area contributed by atoms with Crippen molar-refractivity contribution in [3.63, 3.8) is 0 Å². The fourth-order valence-electron chi connectivity index (χ4n) is 1.27. The number of nitrogens with zero attached hydrogens (tertiary/aromatic N) is 1. The van der Waals surface area contributed by atoms with Crippen molar-refractivity contribution in [2.24, 2.45) is 0 Å². The van der Waals surface area contributed by atoms with Crippen LogP contribution in [0.25, 0.3) is 0 Å². The van der Waals surface area contributed by atoms with E-state index < -0.39 is 11.5 Å². The Balaban J connectivity index is 2.46. The average molecular weight is 203 g/mol. The minimum Gasteiger partial charge on any atom is -0.384 e. The zero-order valence-electron chi connectivity index (χ0n) is 7.81. The topological polar surface area (TPSA) is 80.9 Å². The fraction of sp³-hybridized carbons (Fsp3) is 0. The second-order valence-corrected chi connectivity index (χ2v) is 3.06. The first kappa shape index (κ1) is 9.26. The zero-order chi connectivity index (χ0) is 10.8. The van der Waals surface area contributed by atoms with Crippen LogP contribution in [-0.2, 0) is 0 Å². The summed E-state index contributed by atoms with van der Waals surface area (Å²) in [5, 5.41) is 2.47. The molecule has 2 rings (SSSR count). The Hall–Kier alpha value is -2.30. The number of hydrogen-bond donors (Lipinski definition) is 2. The summed E-state index contributed by atoms with van der Waals surface area (Å²) >= 11 is 0. The van der Waals surface area contributed by atoms with E-state index in [1.165, 1.54) is 6.07 Å². The molecule has 0 aliphatic carbocycles. The lowest BCUT2D eigenvalue weighted by Crippen LogP contribution is -2.24. The first-order valence-electron chi connectivity index (χ1n) is 4.36. The van der Waals surface area contributed by atoms with E-state index in [0.717, 1.165) is 4.68 Å². The summed E-state index contributed by atoms with van der Waals surface area (Å²) < 4.78 is 0.880. The molecule has 0 bridgehead atoms. The van der Waals surface area contributed by atoms with Crippen LogP contribution in [0.5, 0.6) is 0 Å². The zero-order valence-corrected chi connectivity index (χ0v) is 7.81. The second-order valence-electron chi connectivity index (χ2n) is 3.06. The highest BCUT2D eigenvalue weighted by Crippen LogP contribution is 2.01. The SMILES string of the molecule is Nc1cc(=O)n(C(=O)c2ccccc2)[nH]1. The maximum Gasteiger partial charge on any atom is 0.279 e. The van der Waals surface area contributed by atoms with Gasteiger partial charge in [-0.05, 0) is 12.1 Å². The van der Waals surface area contributed by atoms with E-state index in [1.807, 2.05) is 0 Å². The lowest BCUT2D eigenvalue weighted by Gasteiger charge is -1.99. The van der Waals surface area contributed by atoms with Gasteiger partial charge in [0.15, 0.2) is 0 Å². The Labute approximate surface area is 85.1 Å². The molecule has 0 radical (unpaired) electrons. The van der Waals surface area contributed by atoms with Gasteiger partial charge in [-0.3, -0.25) is 14.7 Å². The van der Waals surface area contributed by atoms with Crippen LogP contribution in [0.4, 0.5) is 5.82 Å². The quantitative estimate of drug-likeness (QED) is 0.705. The summed E-state index contributed by atoms with van der Waals surface area (Å²) in [5.41, 5.74) is 5.34. The number of benzene rings is 1. The molecule has 0 amide bonds. The van der Waals surface area contributed by atoms with Crippen LogP contribution in [0.1, 0.15) is 10.4 Å². The normalized spacial score (nSPS) is 10.1. The van der Waals surface area contributed by atoms with Crippen molar-refractivity contribution in [3.05, 3.63) is 52.3 Å². The molecule has 5 nitrogen and oxygen atoms in total. The lowest BCUT2D eigenvalue weighted by molar-refractivity contribution is 0.0941. The molecule has 5 heteroatoms. The van der Waals surface area contributed by atoms with Crippen LogP contribution in [0.15, 0.2) is 41.2 Å². The Morgan fingerprint density at radius 1 is 1.27 bits per heavy atom. The minimum absolute atomic E-state index is 0.171. The maximum absolute atomic E-state index is 11.8. The van der Waals surface area contributed by atoms with E-state index in [-0.39, 0.29) is 5.82 Å². The average Bonchev–Trinajstić information content (AvgIpc) is 2.58. The molecule has 0 spiro atoms. The molecule has 0 saturated carbocycles. The van der Waals surface area contributed by atoms with Gasteiger partial charge < -0.3 is 5.73 Å². The molecule has 0 fully saturated rings. The van der Waals surface area contributed by atoms with Crippen LogP contribution in [0.3, 0.4) is 0 Å². The number of carbonyl (C=O) groups is 1. The molecule has 1 aromatic heterocycles. The number of rotatable bonds is 1. The van der Waals surface area contributed by atoms with Crippen molar-refractivity contribution >= 4 is 11.7 Å². The van der Waals surface area contributed by atoms with Crippen LogP contribution >= 0.6 is 0 Å².